The molecule has 3 N–H and O–H groups in total. The molecule has 8 heteroatoms. The summed E-state index contributed by atoms with van der Waals surface area (Å²) in [5.41, 5.74) is 6.89. The molecule has 0 unspecified atom stereocenters. The standard InChI is InChI=1S/C12H10N6O2/c13-11-10(16-20-17-11)12(19)15-8-2-1-3-9(6-8)18-5-4-14-7-18/h1-7H,(H2,13,17)(H,15,19). The van der Waals surface area contributed by atoms with Crippen LogP contribution in [0, 0.1) is 0 Å². The van der Waals surface area contributed by atoms with Crippen LogP contribution >= 0.6 is 0 Å². The van der Waals surface area contributed by atoms with Crippen molar-refractivity contribution in [2.45, 2.75) is 0 Å². The minimum atomic E-state index is -0.480. The fourth-order valence-corrected chi connectivity index (χ4v) is 1.70. The van der Waals surface area contributed by atoms with E-state index in [1.807, 2.05) is 16.7 Å². The van der Waals surface area contributed by atoms with Gasteiger partial charge in [0.1, 0.15) is 0 Å². The lowest BCUT2D eigenvalue weighted by Gasteiger charge is -2.06. The maximum absolute atomic E-state index is 11.9. The van der Waals surface area contributed by atoms with Crippen molar-refractivity contribution >= 4 is 17.4 Å². The highest BCUT2D eigenvalue weighted by atomic mass is 16.6. The van der Waals surface area contributed by atoms with Gasteiger partial charge in [-0.05, 0) is 28.5 Å². The van der Waals surface area contributed by atoms with Gasteiger partial charge in [-0.2, -0.15) is 0 Å². The number of nitrogens with one attached hydrogen (secondary N) is 1. The average Bonchev–Trinajstić information content (AvgIpc) is 3.09. The molecule has 1 aromatic carbocycles. The molecule has 20 heavy (non-hydrogen) atoms. The Morgan fingerprint density at radius 2 is 2.25 bits per heavy atom. The second-order valence-electron chi connectivity index (χ2n) is 3.97. The van der Waals surface area contributed by atoms with Crippen LogP contribution in [0.3, 0.4) is 0 Å². The topological polar surface area (TPSA) is 112 Å². The van der Waals surface area contributed by atoms with Gasteiger partial charge >= 0.3 is 0 Å². The zero-order valence-electron chi connectivity index (χ0n) is 10.2. The van der Waals surface area contributed by atoms with E-state index in [9.17, 15) is 4.79 Å². The molecule has 8 nitrogen and oxygen atoms in total. The molecule has 0 fully saturated rings. The van der Waals surface area contributed by atoms with Crippen LogP contribution in [0.2, 0.25) is 0 Å². The predicted octanol–water partition coefficient (Wildman–Crippen LogP) is 1.09. The van der Waals surface area contributed by atoms with Crippen molar-refractivity contribution in [1.29, 1.82) is 0 Å². The van der Waals surface area contributed by atoms with Crippen molar-refractivity contribution in [3.8, 4) is 5.69 Å². The number of hydrogen-bond donors (Lipinski definition) is 2. The fraction of sp³-hybridized carbons (Fsp3) is 0. The maximum Gasteiger partial charge on any atom is 0.281 e. The van der Waals surface area contributed by atoms with E-state index < -0.39 is 5.91 Å². The Bertz CT molecular complexity index is 734. The van der Waals surface area contributed by atoms with Gasteiger partial charge in [-0.15, -0.1) is 0 Å². The molecule has 0 atom stereocenters. The normalized spacial score (nSPS) is 10.4. The first-order chi connectivity index (χ1) is 9.74. The summed E-state index contributed by atoms with van der Waals surface area (Å²) in [7, 11) is 0. The quantitative estimate of drug-likeness (QED) is 0.736. The number of rotatable bonds is 3. The van der Waals surface area contributed by atoms with Crippen LogP contribution in [0.5, 0.6) is 0 Å². The monoisotopic (exact) mass is 270 g/mol. The highest BCUT2D eigenvalue weighted by Crippen LogP contribution is 2.16. The van der Waals surface area contributed by atoms with Crippen molar-refractivity contribution in [1.82, 2.24) is 19.9 Å². The van der Waals surface area contributed by atoms with Gasteiger partial charge in [0.05, 0.1) is 6.33 Å². The van der Waals surface area contributed by atoms with Crippen LogP contribution in [0.15, 0.2) is 47.6 Å². The van der Waals surface area contributed by atoms with Crippen molar-refractivity contribution < 1.29 is 9.42 Å². The van der Waals surface area contributed by atoms with E-state index in [0.29, 0.717) is 5.69 Å². The van der Waals surface area contributed by atoms with Gasteiger partial charge in [0.2, 0.25) is 11.5 Å². The maximum atomic E-state index is 11.9. The van der Waals surface area contributed by atoms with E-state index in [1.165, 1.54) is 0 Å². The Morgan fingerprint density at radius 1 is 1.35 bits per heavy atom. The lowest BCUT2D eigenvalue weighted by atomic mass is 10.2. The van der Waals surface area contributed by atoms with Crippen LogP contribution in [-0.2, 0) is 0 Å². The Labute approximate surface area is 113 Å². The van der Waals surface area contributed by atoms with E-state index in [2.05, 4.69) is 25.2 Å². The number of amides is 1. The molecule has 0 bridgehead atoms. The molecule has 2 heterocycles. The molecule has 100 valence electrons. The molecule has 0 aliphatic heterocycles. The van der Waals surface area contributed by atoms with Gasteiger partial charge in [0.15, 0.2) is 0 Å². The molecule has 0 aliphatic carbocycles. The Balaban J connectivity index is 1.83. The molecule has 3 aromatic rings. The van der Waals surface area contributed by atoms with Crippen molar-refractivity contribution in [2.75, 3.05) is 11.1 Å². The lowest BCUT2D eigenvalue weighted by molar-refractivity contribution is 0.101. The number of anilines is 2. The zero-order valence-corrected chi connectivity index (χ0v) is 10.2. The molecule has 2 aromatic heterocycles. The third-order valence-corrected chi connectivity index (χ3v) is 2.64. The first-order valence-electron chi connectivity index (χ1n) is 5.72. The summed E-state index contributed by atoms with van der Waals surface area (Å²) < 4.78 is 6.21. The van der Waals surface area contributed by atoms with Gasteiger partial charge in [0.25, 0.3) is 5.91 Å². The van der Waals surface area contributed by atoms with Crippen LogP contribution in [0.4, 0.5) is 11.5 Å². The smallest absolute Gasteiger partial charge is 0.281 e. The minimum absolute atomic E-state index is 0.0435. The number of nitrogen functional groups attached to an aromatic ring is 1. The number of carbonyl (C=O) groups is 1. The summed E-state index contributed by atoms with van der Waals surface area (Å²) >= 11 is 0. The first-order valence-corrected chi connectivity index (χ1v) is 5.72. The number of nitrogens with two attached hydrogens (primary N) is 1. The lowest BCUT2D eigenvalue weighted by Crippen LogP contribution is -2.14. The highest BCUT2D eigenvalue weighted by Gasteiger charge is 2.16. The summed E-state index contributed by atoms with van der Waals surface area (Å²) in [5.74, 6) is -0.528. The molecule has 3 rings (SSSR count). The van der Waals surface area contributed by atoms with Gasteiger partial charge in [-0.3, -0.25) is 4.79 Å². The summed E-state index contributed by atoms with van der Waals surface area (Å²) in [6.45, 7) is 0. The van der Waals surface area contributed by atoms with E-state index in [1.54, 1.807) is 30.9 Å². The number of hydrogen-bond acceptors (Lipinski definition) is 6. The van der Waals surface area contributed by atoms with Gasteiger partial charge in [-0.25, -0.2) is 9.61 Å². The summed E-state index contributed by atoms with van der Waals surface area (Å²) in [6, 6.07) is 7.25. The molecule has 0 saturated carbocycles. The third-order valence-electron chi connectivity index (χ3n) is 2.64. The Morgan fingerprint density at radius 3 is 2.95 bits per heavy atom. The second kappa shape index (κ2) is 4.84. The molecule has 0 radical (unpaired) electrons. The van der Waals surface area contributed by atoms with Crippen LogP contribution < -0.4 is 11.1 Å². The summed E-state index contributed by atoms with van der Waals surface area (Å²) in [6.07, 6.45) is 5.15. The number of carbonyl (C=O) groups excluding carboxylic acids is 1. The van der Waals surface area contributed by atoms with E-state index >= 15 is 0 Å². The van der Waals surface area contributed by atoms with Crippen molar-refractivity contribution in [3.05, 3.63) is 48.7 Å². The highest BCUT2D eigenvalue weighted by molar-refractivity contribution is 6.05. The zero-order chi connectivity index (χ0) is 13.9. The number of imidazole rings is 1. The van der Waals surface area contributed by atoms with Crippen molar-refractivity contribution in [3.63, 3.8) is 0 Å². The largest absolute Gasteiger partial charge is 0.379 e. The van der Waals surface area contributed by atoms with E-state index in [0.717, 1.165) is 5.69 Å². The minimum Gasteiger partial charge on any atom is -0.379 e. The summed E-state index contributed by atoms with van der Waals surface area (Å²) in [5, 5.41) is 9.47. The Hall–Kier alpha value is -3.16. The van der Waals surface area contributed by atoms with Gasteiger partial charge in [-0.1, -0.05) is 6.07 Å². The van der Waals surface area contributed by atoms with Crippen LogP contribution in [0.25, 0.3) is 5.69 Å². The fourth-order valence-electron chi connectivity index (χ4n) is 1.70. The van der Waals surface area contributed by atoms with Crippen LogP contribution in [-0.4, -0.2) is 25.8 Å². The van der Waals surface area contributed by atoms with Crippen LogP contribution in [0.1, 0.15) is 10.5 Å². The third kappa shape index (κ3) is 2.21. The molecule has 0 saturated heterocycles. The number of benzene rings is 1. The predicted molar refractivity (Wildman–Crippen MR) is 70.2 cm³/mol. The second-order valence-corrected chi connectivity index (χ2v) is 3.97. The summed E-state index contributed by atoms with van der Waals surface area (Å²) in [4.78, 5) is 15.9. The van der Waals surface area contributed by atoms with E-state index in [4.69, 9.17) is 5.73 Å². The number of nitrogens with zero attached hydrogens (tertiary/aromatic N) is 4. The van der Waals surface area contributed by atoms with E-state index in [-0.39, 0.29) is 11.5 Å². The molecule has 1 amide bonds. The Kier molecular flexibility index (Phi) is 2.88. The first kappa shape index (κ1) is 11.9. The molecular weight excluding hydrogens is 260 g/mol. The molecular formula is C12H10N6O2. The molecule has 0 spiro atoms. The number of aromatic nitrogens is 4. The van der Waals surface area contributed by atoms with Gasteiger partial charge in [0, 0.05) is 23.8 Å². The van der Waals surface area contributed by atoms with Gasteiger partial charge < -0.3 is 15.6 Å². The average molecular weight is 270 g/mol. The van der Waals surface area contributed by atoms with Crippen molar-refractivity contribution in [2.24, 2.45) is 0 Å². The SMILES string of the molecule is Nc1nonc1C(=O)Nc1cccc(-n2ccnc2)c1. The molecule has 0 aliphatic rings.